The molecule has 1 saturated carbocycles. The van der Waals surface area contributed by atoms with Crippen molar-refractivity contribution in [3.05, 3.63) is 35.6 Å². The molecular formula is C15H17NO3. The van der Waals surface area contributed by atoms with E-state index in [0.29, 0.717) is 11.6 Å². The Morgan fingerprint density at radius 2 is 2.16 bits per heavy atom. The summed E-state index contributed by atoms with van der Waals surface area (Å²) in [6.45, 7) is 0.782. The Bertz CT molecular complexity index is 596. The summed E-state index contributed by atoms with van der Waals surface area (Å²) in [5.41, 5.74) is 2.00. The average Bonchev–Trinajstić information content (AvgIpc) is 3.05. The number of benzene rings is 1. The lowest BCUT2D eigenvalue weighted by atomic mass is 10.1. The van der Waals surface area contributed by atoms with Crippen molar-refractivity contribution < 1.29 is 14.3 Å². The highest BCUT2D eigenvalue weighted by Gasteiger charge is 2.15. The summed E-state index contributed by atoms with van der Waals surface area (Å²) in [7, 11) is 0. The Hall–Kier alpha value is -1.81. The first-order chi connectivity index (χ1) is 9.24. The van der Waals surface area contributed by atoms with E-state index in [1.54, 1.807) is 18.4 Å². The maximum atomic E-state index is 10.9. The fraction of sp³-hybridized carbons (Fsp3) is 0.400. The molecule has 2 aromatic rings. The van der Waals surface area contributed by atoms with Crippen molar-refractivity contribution in [1.82, 2.24) is 5.32 Å². The van der Waals surface area contributed by atoms with Gasteiger partial charge in [-0.3, -0.25) is 0 Å². The molecule has 0 radical (unpaired) electrons. The molecule has 4 nitrogen and oxygen atoms in total. The van der Waals surface area contributed by atoms with Crippen molar-refractivity contribution in [1.29, 1.82) is 0 Å². The van der Waals surface area contributed by atoms with E-state index in [4.69, 9.17) is 9.52 Å². The second-order valence-electron chi connectivity index (χ2n) is 5.14. The lowest BCUT2D eigenvalue weighted by Crippen LogP contribution is -2.25. The van der Waals surface area contributed by atoms with E-state index in [9.17, 15) is 4.79 Å². The van der Waals surface area contributed by atoms with Crippen molar-refractivity contribution in [2.45, 2.75) is 38.3 Å². The van der Waals surface area contributed by atoms with Gasteiger partial charge < -0.3 is 14.8 Å². The molecule has 3 rings (SSSR count). The Labute approximate surface area is 111 Å². The van der Waals surface area contributed by atoms with E-state index in [1.807, 2.05) is 6.07 Å². The number of hydrogen-bond acceptors (Lipinski definition) is 3. The first-order valence-corrected chi connectivity index (χ1v) is 6.71. The molecule has 4 heteroatoms. The van der Waals surface area contributed by atoms with Crippen LogP contribution in [0.3, 0.4) is 0 Å². The van der Waals surface area contributed by atoms with Crippen LogP contribution in [0.25, 0.3) is 11.0 Å². The second kappa shape index (κ2) is 5.05. The zero-order chi connectivity index (χ0) is 13.2. The zero-order valence-corrected chi connectivity index (χ0v) is 10.7. The van der Waals surface area contributed by atoms with Gasteiger partial charge in [0.05, 0.1) is 11.8 Å². The number of fused-ring (bicyclic) bond motifs is 1. The molecule has 0 spiro atoms. The maximum absolute atomic E-state index is 10.9. The number of carboxylic acid groups (broad SMARTS) is 1. The summed E-state index contributed by atoms with van der Waals surface area (Å²) in [5.74, 6) is -0.927. The minimum absolute atomic E-state index is 0.261. The summed E-state index contributed by atoms with van der Waals surface area (Å²) in [5, 5.41) is 13.5. The van der Waals surface area contributed by atoms with E-state index >= 15 is 0 Å². The quantitative estimate of drug-likeness (QED) is 0.885. The molecular weight excluding hydrogens is 242 g/mol. The van der Waals surface area contributed by atoms with Crippen molar-refractivity contribution in [3.8, 4) is 0 Å². The highest BCUT2D eigenvalue weighted by Crippen LogP contribution is 2.24. The summed E-state index contributed by atoms with van der Waals surface area (Å²) >= 11 is 0. The van der Waals surface area contributed by atoms with Crippen molar-refractivity contribution in [2.75, 3.05) is 0 Å². The van der Waals surface area contributed by atoms with Gasteiger partial charge in [0, 0.05) is 23.5 Å². The van der Waals surface area contributed by atoms with Crippen LogP contribution in [0.1, 0.15) is 41.6 Å². The molecule has 19 heavy (non-hydrogen) atoms. The summed E-state index contributed by atoms with van der Waals surface area (Å²) in [6.07, 6.45) is 6.84. The summed E-state index contributed by atoms with van der Waals surface area (Å²) < 4.78 is 5.45. The Morgan fingerprint density at radius 1 is 1.37 bits per heavy atom. The van der Waals surface area contributed by atoms with E-state index in [2.05, 4.69) is 5.32 Å². The van der Waals surface area contributed by atoms with Crippen LogP contribution in [0.2, 0.25) is 0 Å². The first-order valence-electron chi connectivity index (χ1n) is 6.71. The predicted molar refractivity (Wildman–Crippen MR) is 72.3 cm³/mol. The topological polar surface area (TPSA) is 62.5 Å². The van der Waals surface area contributed by atoms with Crippen LogP contribution in [-0.2, 0) is 6.54 Å². The van der Waals surface area contributed by atoms with Gasteiger partial charge in [-0.1, -0.05) is 12.8 Å². The number of nitrogens with one attached hydrogen (secondary N) is 1. The van der Waals surface area contributed by atoms with Crippen LogP contribution >= 0.6 is 0 Å². The highest BCUT2D eigenvalue weighted by molar-refractivity contribution is 5.93. The van der Waals surface area contributed by atoms with E-state index in [0.717, 1.165) is 17.5 Å². The van der Waals surface area contributed by atoms with Gasteiger partial charge in [0.15, 0.2) is 0 Å². The molecule has 1 aromatic heterocycles. The fourth-order valence-corrected chi connectivity index (χ4v) is 2.74. The van der Waals surface area contributed by atoms with Crippen LogP contribution in [-0.4, -0.2) is 17.1 Å². The minimum Gasteiger partial charge on any atom is -0.478 e. The molecule has 1 fully saturated rings. The van der Waals surface area contributed by atoms with Gasteiger partial charge >= 0.3 is 5.97 Å². The molecule has 1 aromatic carbocycles. The van der Waals surface area contributed by atoms with Gasteiger partial charge in [-0.05, 0) is 31.0 Å². The van der Waals surface area contributed by atoms with Crippen LogP contribution in [0.15, 0.2) is 28.9 Å². The number of carbonyl (C=O) groups is 1. The number of furan rings is 1. The first kappa shape index (κ1) is 12.2. The Kier molecular flexibility index (Phi) is 3.25. The summed E-state index contributed by atoms with van der Waals surface area (Å²) in [4.78, 5) is 10.9. The van der Waals surface area contributed by atoms with Gasteiger partial charge in [-0.2, -0.15) is 0 Å². The molecule has 1 aliphatic rings. The molecule has 100 valence electrons. The molecule has 0 aliphatic heterocycles. The number of aromatic carboxylic acids is 1. The van der Waals surface area contributed by atoms with Gasteiger partial charge in [-0.25, -0.2) is 4.79 Å². The molecule has 1 heterocycles. The van der Waals surface area contributed by atoms with Gasteiger partial charge in [0.25, 0.3) is 0 Å². The van der Waals surface area contributed by atoms with Crippen molar-refractivity contribution in [2.24, 2.45) is 0 Å². The smallest absolute Gasteiger partial charge is 0.335 e. The number of rotatable bonds is 4. The fourth-order valence-electron chi connectivity index (χ4n) is 2.74. The van der Waals surface area contributed by atoms with Crippen LogP contribution in [0.4, 0.5) is 0 Å². The third-order valence-electron chi connectivity index (χ3n) is 3.84. The SMILES string of the molecule is O=C(O)c1ccc2c(CNC3CCCC3)coc2c1. The lowest BCUT2D eigenvalue weighted by Gasteiger charge is -2.10. The lowest BCUT2D eigenvalue weighted by molar-refractivity contribution is 0.0697. The Morgan fingerprint density at radius 3 is 2.89 bits per heavy atom. The Balaban J connectivity index is 1.78. The monoisotopic (exact) mass is 259 g/mol. The molecule has 0 amide bonds. The van der Waals surface area contributed by atoms with Crippen LogP contribution < -0.4 is 5.32 Å². The van der Waals surface area contributed by atoms with Gasteiger partial charge in [-0.15, -0.1) is 0 Å². The van der Waals surface area contributed by atoms with E-state index < -0.39 is 5.97 Å². The number of hydrogen-bond donors (Lipinski definition) is 2. The second-order valence-corrected chi connectivity index (χ2v) is 5.14. The van der Waals surface area contributed by atoms with Gasteiger partial charge in [0.2, 0.25) is 0 Å². The normalized spacial score (nSPS) is 16.2. The molecule has 0 bridgehead atoms. The van der Waals surface area contributed by atoms with Crippen molar-refractivity contribution >= 4 is 16.9 Å². The molecule has 2 N–H and O–H groups in total. The average molecular weight is 259 g/mol. The molecule has 0 saturated heterocycles. The third-order valence-corrected chi connectivity index (χ3v) is 3.84. The predicted octanol–water partition coefficient (Wildman–Crippen LogP) is 3.16. The maximum Gasteiger partial charge on any atom is 0.335 e. The van der Waals surface area contributed by atoms with E-state index in [-0.39, 0.29) is 5.56 Å². The standard InChI is InChI=1S/C15H17NO3/c17-15(18)10-5-6-13-11(9-19-14(13)7-10)8-16-12-3-1-2-4-12/h5-7,9,12,16H,1-4,8H2,(H,17,18). The van der Waals surface area contributed by atoms with E-state index in [1.165, 1.54) is 25.7 Å². The summed E-state index contributed by atoms with van der Waals surface area (Å²) in [6, 6.07) is 5.65. The molecule has 1 aliphatic carbocycles. The highest BCUT2D eigenvalue weighted by atomic mass is 16.4. The van der Waals surface area contributed by atoms with Crippen LogP contribution in [0, 0.1) is 0 Å². The zero-order valence-electron chi connectivity index (χ0n) is 10.7. The molecule has 0 unspecified atom stereocenters. The van der Waals surface area contributed by atoms with Crippen LogP contribution in [0.5, 0.6) is 0 Å². The number of carboxylic acids is 1. The largest absolute Gasteiger partial charge is 0.478 e. The molecule has 0 atom stereocenters. The van der Waals surface area contributed by atoms with Gasteiger partial charge in [0.1, 0.15) is 5.58 Å². The van der Waals surface area contributed by atoms with Crippen molar-refractivity contribution in [3.63, 3.8) is 0 Å². The third kappa shape index (κ3) is 2.49. The minimum atomic E-state index is -0.927.